The molecule has 2 aromatic heterocycles. The van der Waals surface area contributed by atoms with E-state index in [1.165, 1.54) is 0 Å². The van der Waals surface area contributed by atoms with Crippen molar-refractivity contribution in [1.82, 2.24) is 15.0 Å². The predicted molar refractivity (Wildman–Crippen MR) is 88.0 cm³/mol. The lowest BCUT2D eigenvalue weighted by atomic mass is 10.2. The van der Waals surface area contributed by atoms with Crippen LogP contribution < -0.4 is 5.73 Å². The molecule has 0 aliphatic carbocycles. The molecule has 0 radical (unpaired) electrons. The summed E-state index contributed by atoms with van der Waals surface area (Å²) in [7, 11) is 0. The van der Waals surface area contributed by atoms with Crippen LogP contribution in [0.25, 0.3) is 22.4 Å². The second-order valence-electron chi connectivity index (χ2n) is 4.87. The number of hydrogen-bond acceptors (Lipinski definition) is 4. The van der Waals surface area contributed by atoms with E-state index in [1.807, 2.05) is 43.3 Å². The zero-order valence-corrected chi connectivity index (χ0v) is 13.3. The maximum absolute atomic E-state index is 5.62. The van der Waals surface area contributed by atoms with E-state index in [0.29, 0.717) is 12.4 Å². The number of pyridine rings is 1. The third kappa shape index (κ3) is 2.94. The Kier molecular flexibility index (Phi) is 3.94. The molecule has 0 aliphatic rings. The number of nitrogens with two attached hydrogens (primary N) is 1. The molecular formula is C16H15BrN4. The Hall–Kier alpha value is -1.85. The van der Waals surface area contributed by atoms with Gasteiger partial charge >= 0.3 is 0 Å². The molecular weight excluding hydrogens is 328 g/mol. The SMILES string of the molecule is Cc1cc(CCN)nc(-c2nc3ccccc3cc2Br)n1. The Morgan fingerprint density at radius 2 is 1.90 bits per heavy atom. The van der Waals surface area contributed by atoms with Crippen molar-refractivity contribution in [3.8, 4) is 11.5 Å². The first kappa shape index (κ1) is 14.1. The molecule has 0 saturated carbocycles. The number of hydrogen-bond donors (Lipinski definition) is 1. The number of fused-ring (bicyclic) bond motifs is 1. The Labute approximate surface area is 131 Å². The van der Waals surface area contributed by atoms with Crippen LogP contribution in [0.4, 0.5) is 0 Å². The number of aromatic nitrogens is 3. The van der Waals surface area contributed by atoms with Gasteiger partial charge in [0.25, 0.3) is 0 Å². The van der Waals surface area contributed by atoms with E-state index in [4.69, 9.17) is 5.73 Å². The molecule has 0 saturated heterocycles. The molecule has 0 unspecified atom stereocenters. The smallest absolute Gasteiger partial charge is 0.179 e. The lowest BCUT2D eigenvalue weighted by Gasteiger charge is -2.08. The van der Waals surface area contributed by atoms with Gasteiger partial charge in [-0.2, -0.15) is 0 Å². The first-order valence-corrected chi connectivity index (χ1v) is 7.57. The average molecular weight is 343 g/mol. The van der Waals surface area contributed by atoms with Crippen LogP contribution in [0, 0.1) is 6.92 Å². The second kappa shape index (κ2) is 5.87. The molecule has 106 valence electrons. The Morgan fingerprint density at radius 1 is 1.10 bits per heavy atom. The highest BCUT2D eigenvalue weighted by molar-refractivity contribution is 9.10. The van der Waals surface area contributed by atoms with Gasteiger partial charge in [0.1, 0.15) is 5.69 Å². The van der Waals surface area contributed by atoms with Crippen LogP contribution in [0.15, 0.2) is 40.9 Å². The molecule has 4 nitrogen and oxygen atoms in total. The molecule has 21 heavy (non-hydrogen) atoms. The normalized spacial score (nSPS) is 11.0. The molecule has 1 aromatic carbocycles. The molecule has 0 aliphatic heterocycles. The zero-order chi connectivity index (χ0) is 14.8. The molecule has 0 fully saturated rings. The van der Waals surface area contributed by atoms with E-state index < -0.39 is 0 Å². The molecule has 0 amide bonds. The number of aryl methyl sites for hydroxylation is 1. The molecule has 2 N–H and O–H groups in total. The van der Waals surface area contributed by atoms with Crippen molar-refractivity contribution in [3.63, 3.8) is 0 Å². The third-order valence-corrected chi connectivity index (χ3v) is 3.80. The maximum Gasteiger partial charge on any atom is 0.179 e. The minimum Gasteiger partial charge on any atom is -0.330 e. The maximum atomic E-state index is 5.62. The summed E-state index contributed by atoms with van der Waals surface area (Å²) in [5.41, 5.74) is 9.18. The van der Waals surface area contributed by atoms with Crippen LogP contribution in [0.1, 0.15) is 11.4 Å². The minimum atomic E-state index is 0.572. The van der Waals surface area contributed by atoms with E-state index in [0.717, 1.165) is 38.9 Å². The van der Waals surface area contributed by atoms with Gasteiger partial charge in [0, 0.05) is 27.7 Å². The summed E-state index contributed by atoms with van der Waals surface area (Å²) in [6.07, 6.45) is 0.738. The number of benzene rings is 1. The summed E-state index contributed by atoms with van der Waals surface area (Å²) >= 11 is 3.58. The van der Waals surface area contributed by atoms with Crippen molar-refractivity contribution in [1.29, 1.82) is 0 Å². The Bertz CT molecular complexity index is 801. The van der Waals surface area contributed by atoms with Gasteiger partial charge in [-0.05, 0) is 47.6 Å². The fraction of sp³-hybridized carbons (Fsp3) is 0.188. The van der Waals surface area contributed by atoms with E-state index in [-0.39, 0.29) is 0 Å². The molecule has 3 rings (SSSR count). The van der Waals surface area contributed by atoms with E-state index in [1.54, 1.807) is 0 Å². The Morgan fingerprint density at radius 3 is 2.71 bits per heavy atom. The van der Waals surface area contributed by atoms with Crippen molar-refractivity contribution in [2.45, 2.75) is 13.3 Å². The van der Waals surface area contributed by atoms with E-state index in [2.05, 4.69) is 30.9 Å². The van der Waals surface area contributed by atoms with Crippen molar-refractivity contribution < 1.29 is 0 Å². The lowest BCUT2D eigenvalue weighted by Crippen LogP contribution is -2.07. The minimum absolute atomic E-state index is 0.572. The monoisotopic (exact) mass is 342 g/mol. The fourth-order valence-electron chi connectivity index (χ4n) is 2.26. The summed E-state index contributed by atoms with van der Waals surface area (Å²) in [5.74, 6) is 0.635. The summed E-state index contributed by atoms with van der Waals surface area (Å²) in [6.45, 7) is 2.53. The highest BCUT2D eigenvalue weighted by atomic mass is 79.9. The van der Waals surface area contributed by atoms with Gasteiger partial charge in [-0.1, -0.05) is 18.2 Å². The van der Waals surface area contributed by atoms with Crippen LogP contribution in [0.3, 0.4) is 0 Å². The summed E-state index contributed by atoms with van der Waals surface area (Å²) in [5, 5.41) is 1.09. The summed E-state index contributed by atoms with van der Waals surface area (Å²) in [6, 6.07) is 12.0. The summed E-state index contributed by atoms with van der Waals surface area (Å²) in [4.78, 5) is 13.8. The van der Waals surface area contributed by atoms with Gasteiger partial charge in [0.05, 0.1) is 5.52 Å². The number of nitrogens with zero attached hydrogens (tertiary/aromatic N) is 3. The first-order chi connectivity index (χ1) is 10.2. The molecule has 0 atom stereocenters. The van der Waals surface area contributed by atoms with E-state index in [9.17, 15) is 0 Å². The topological polar surface area (TPSA) is 64.7 Å². The van der Waals surface area contributed by atoms with Crippen molar-refractivity contribution in [3.05, 3.63) is 52.3 Å². The van der Waals surface area contributed by atoms with Gasteiger partial charge in [0.2, 0.25) is 0 Å². The van der Waals surface area contributed by atoms with Crippen molar-refractivity contribution in [2.24, 2.45) is 5.73 Å². The third-order valence-electron chi connectivity index (χ3n) is 3.20. The van der Waals surface area contributed by atoms with Gasteiger partial charge < -0.3 is 5.73 Å². The number of rotatable bonds is 3. The van der Waals surface area contributed by atoms with Crippen LogP contribution in [-0.4, -0.2) is 21.5 Å². The molecule has 2 heterocycles. The molecule has 0 spiro atoms. The van der Waals surface area contributed by atoms with Crippen LogP contribution >= 0.6 is 15.9 Å². The predicted octanol–water partition coefficient (Wildman–Crippen LogP) is 3.26. The summed E-state index contributed by atoms with van der Waals surface area (Å²) < 4.78 is 0.894. The molecule has 3 aromatic rings. The average Bonchev–Trinajstić information content (AvgIpc) is 2.46. The van der Waals surface area contributed by atoms with E-state index >= 15 is 0 Å². The number of halogens is 1. The largest absolute Gasteiger partial charge is 0.330 e. The fourth-order valence-corrected chi connectivity index (χ4v) is 2.78. The molecule has 0 bridgehead atoms. The van der Waals surface area contributed by atoms with Crippen LogP contribution in [0.5, 0.6) is 0 Å². The van der Waals surface area contributed by atoms with Gasteiger partial charge in [-0.15, -0.1) is 0 Å². The van der Waals surface area contributed by atoms with Gasteiger partial charge in [-0.25, -0.2) is 15.0 Å². The van der Waals surface area contributed by atoms with Gasteiger partial charge in [0.15, 0.2) is 5.82 Å². The zero-order valence-electron chi connectivity index (χ0n) is 11.7. The van der Waals surface area contributed by atoms with Crippen LogP contribution in [-0.2, 0) is 6.42 Å². The van der Waals surface area contributed by atoms with Crippen molar-refractivity contribution in [2.75, 3.05) is 6.54 Å². The standard InChI is InChI=1S/C16H15BrN4/c1-10-8-12(6-7-18)20-16(19-10)15-13(17)9-11-4-2-3-5-14(11)21-15/h2-5,8-9H,6-7,18H2,1H3. The Balaban J connectivity index is 2.17. The first-order valence-electron chi connectivity index (χ1n) is 6.77. The molecule has 5 heteroatoms. The highest BCUT2D eigenvalue weighted by Gasteiger charge is 2.11. The second-order valence-corrected chi connectivity index (χ2v) is 5.73. The lowest BCUT2D eigenvalue weighted by molar-refractivity contribution is 0.902. The van der Waals surface area contributed by atoms with Gasteiger partial charge in [-0.3, -0.25) is 0 Å². The number of para-hydroxylation sites is 1. The quantitative estimate of drug-likeness (QED) is 0.793. The van der Waals surface area contributed by atoms with Crippen LogP contribution in [0.2, 0.25) is 0 Å². The van der Waals surface area contributed by atoms with Crippen molar-refractivity contribution >= 4 is 26.8 Å². The highest BCUT2D eigenvalue weighted by Crippen LogP contribution is 2.27.